The van der Waals surface area contributed by atoms with Gasteiger partial charge in [0.1, 0.15) is 5.82 Å². The number of amides is 1. The summed E-state index contributed by atoms with van der Waals surface area (Å²) in [4.78, 5) is 19.0. The van der Waals surface area contributed by atoms with Crippen molar-refractivity contribution >= 4 is 11.6 Å². The summed E-state index contributed by atoms with van der Waals surface area (Å²) in [6.07, 6.45) is 3.74. The Hall–Kier alpha value is -2.18. The molecule has 1 aromatic heterocycles. The van der Waals surface area contributed by atoms with Crippen molar-refractivity contribution in [2.45, 2.75) is 13.0 Å². The molecule has 2 aromatic rings. The number of rotatable bonds is 4. The third-order valence-corrected chi connectivity index (χ3v) is 4.19. The third-order valence-electron chi connectivity index (χ3n) is 4.19. The number of aromatic nitrogens is 2. The van der Waals surface area contributed by atoms with Crippen molar-refractivity contribution < 1.29 is 4.79 Å². The number of carbonyl (C=O) groups excluding carboxylic acids is 1. The van der Waals surface area contributed by atoms with Gasteiger partial charge in [-0.15, -0.1) is 0 Å². The van der Waals surface area contributed by atoms with Gasteiger partial charge in [0.25, 0.3) is 0 Å². The van der Waals surface area contributed by atoms with Crippen LogP contribution in [0.5, 0.6) is 0 Å². The van der Waals surface area contributed by atoms with Gasteiger partial charge in [0.2, 0.25) is 5.91 Å². The Bertz CT molecular complexity index is 664. The topological polar surface area (TPSA) is 62.2 Å². The van der Waals surface area contributed by atoms with Crippen molar-refractivity contribution in [1.82, 2.24) is 19.8 Å². The van der Waals surface area contributed by atoms with Gasteiger partial charge in [-0.3, -0.25) is 9.69 Å². The average Bonchev–Trinajstić information content (AvgIpc) is 2.96. The standard InChI is InChI=1S/C17H23N5O/c1-13-3-5-14(6-4-13)20-16(23)12-22-10-7-18-11-15(22)17-19-8-9-21(17)2/h3-6,8-9,15,18H,7,10-12H2,1-2H3,(H,20,23). The second-order valence-electron chi connectivity index (χ2n) is 6.00. The Morgan fingerprint density at radius 2 is 2.17 bits per heavy atom. The van der Waals surface area contributed by atoms with Gasteiger partial charge >= 0.3 is 0 Å². The van der Waals surface area contributed by atoms with Crippen LogP contribution in [0.1, 0.15) is 17.4 Å². The van der Waals surface area contributed by atoms with E-state index in [9.17, 15) is 4.79 Å². The number of nitrogens with zero attached hydrogens (tertiary/aromatic N) is 3. The van der Waals surface area contributed by atoms with E-state index in [4.69, 9.17) is 0 Å². The number of piperazine rings is 1. The lowest BCUT2D eigenvalue weighted by Gasteiger charge is -2.35. The molecule has 1 fully saturated rings. The lowest BCUT2D eigenvalue weighted by Crippen LogP contribution is -2.49. The zero-order valence-corrected chi connectivity index (χ0v) is 13.6. The van der Waals surface area contributed by atoms with E-state index in [-0.39, 0.29) is 11.9 Å². The van der Waals surface area contributed by atoms with Crippen LogP contribution < -0.4 is 10.6 Å². The molecule has 0 saturated carbocycles. The molecule has 1 aliphatic heterocycles. The van der Waals surface area contributed by atoms with Gasteiger partial charge in [-0.05, 0) is 19.1 Å². The molecular formula is C17H23N5O. The molecule has 0 aliphatic carbocycles. The molecule has 6 nitrogen and oxygen atoms in total. The second kappa shape index (κ2) is 6.93. The maximum absolute atomic E-state index is 12.4. The van der Waals surface area contributed by atoms with Crippen molar-refractivity contribution in [2.24, 2.45) is 7.05 Å². The Morgan fingerprint density at radius 1 is 1.39 bits per heavy atom. The lowest BCUT2D eigenvalue weighted by atomic mass is 10.1. The van der Waals surface area contributed by atoms with Crippen molar-refractivity contribution in [3.63, 3.8) is 0 Å². The molecule has 122 valence electrons. The minimum atomic E-state index is 0.00922. The van der Waals surface area contributed by atoms with Crippen LogP contribution in [0.25, 0.3) is 0 Å². The Balaban J connectivity index is 1.66. The lowest BCUT2D eigenvalue weighted by molar-refractivity contribution is -0.118. The van der Waals surface area contributed by atoms with E-state index in [1.54, 1.807) is 6.20 Å². The summed E-state index contributed by atoms with van der Waals surface area (Å²) in [6, 6.07) is 7.98. The maximum Gasteiger partial charge on any atom is 0.238 e. The number of hydrogen-bond donors (Lipinski definition) is 2. The fourth-order valence-electron chi connectivity index (χ4n) is 2.91. The fraction of sp³-hybridized carbons (Fsp3) is 0.412. The number of benzene rings is 1. The molecule has 6 heteroatoms. The first-order valence-corrected chi connectivity index (χ1v) is 7.92. The molecule has 23 heavy (non-hydrogen) atoms. The van der Waals surface area contributed by atoms with Crippen molar-refractivity contribution in [3.05, 3.63) is 48.0 Å². The highest BCUT2D eigenvalue weighted by Gasteiger charge is 2.28. The van der Waals surface area contributed by atoms with Crippen LogP contribution in [-0.2, 0) is 11.8 Å². The Kier molecular flexibility index (Phi) is 4.73. The van der Waals surface area contributed by atoms with Crippen molar-refractivity contribution in [1.29, 1.82) is 0 Å². The van der Waals surface area contributed by atoms with Crippen LogP contribution in [0, 0.1) is 6.92 Å². The van der Waals surface area contributed by atoms with E-state index in [0.29, 0.717) is 6.54 Å². The summed E-state index contributed by atoms with van der Waals surface area (Å²) in [6.45, 7) is 4.93. The molecule has 3 rings (SSSR count). The van der Waals surface area contributed by atoms with Crippen LogP contribution >= 0.6 is 0 Å². The molecule has 1 atom stereocenters. The number of nitrogens with one attached hydrogen (secondary N) is 2. The van der Waals surface area contributed by atoms with Crippen LogP contribution in [0.4, 0.5) is 5.69 Å². The van der Waals surface area contributed by atoms with Crippen molar-refractivity contribution in [2.75, 3.05) is 31.5 Å². The Morgan fingerprint density at radius 3 is 2.87 bits per heavy atom. The summed E-state index contributed by atoms with van der Waals surface area (Å²) in [5, 5.41) is 6.35. The number of carbonyl (C=O) groups is 1. The number of aryl methyl sites for hydroxylation is 2. The summed E-state index contributed by atoms with van der Waals surface area (Å²) in [7, 11) is 1.99. The molecule has 0 bridgehead atoms. The van der Waals surface area contributed by atoms with Gasteiger partial charge in [0.05, 0.1) is 12.6 Å². The van der Waals surface area contributed by atoms with E-state index in [2.05, 4.69) is 20.5 Å². The highest BCUT2D eigenvalue weighted by atomic mass is 16.2. The quantitative estimate of drug-likeness (QED) is 0.893. The van der Waals surface area contributed by atoms with Crippen LogP contribution in [0.15, 0.2) is 36.7 Å². The highest BCUT2D eigenvalue weighted by molar-refractivity contribution is 5.92. The van der Waals surface area contributed by atoms with Gasteiger partial charge < -0.3 is 15.2 Å². The van der Waals surface area contributed by atoms with Crippen LogP contribution in [0.3, 0.4) is 0 Å². The first-order chi connectivity index (χ1) is 11.1. The first-order valence-electron chi connectivity index (χ1n) is 7.92. The van der Waals surface area contributed by atoms with Gasteiger partial charge in [0, 0.05) is 44.8 Å². The number of anilines is 1. The minimum Gasteiger partial charge on any atom is -0.337 e. The van der Waals surface area contributed by atoms with E-state index in [1.165, 1.54) is 5.56 Å². The van der Waals surface area contributed by atoms with Crippen LogP contribution in [-0.4, -0.2) is 46.5 Å². The number of imidazole rings is 1. The zero-order chi connectivity index (χ0) is 16.2. The third kappa shape index (κ3) is 3.78. The van der Waals surface area contributed by atoms with E-state index in [0.717, 1.165) is 31.1 Å². The smallest absolute Gasteiger partial charge is 0.238 e. The molecule has 2 heterocycles. The molecule has 1 saturated heterocycles. The molecule has 0 radical (unpaired) electrons. The predicted octanol–water partition coefficient (Wildman–Crippen LogP) is 1.31. The highest BCUT2D eigenvalue weighted by Crippen LogP contribution is 2.20. The summed E-state index contributed by atoms with van der Waals surface area (Å²) < 4.78 is 2.02. The monoisotopic (exact) mass is 313 g/mol. The summed E-state index contributed by atoms with van der Waals surface area (Å²) in [5.74, 6) is 0.996. The van der Waals surface area contributed by atoms with Gasteiger partial charge in [-0.2, -0.15) is 0 Å². The van der Waals surface area contributed by atoms with Crippen molar-refractivity contribution in [3.8, 4) is 0 Å². The average molecular weight is 313 g/mol. The zero-order valence-electron chi connectivity index (χ0n) is 13.6. The van der Waals surface area contributed by atoms with E-state index in [1.807, 2.05) is 49.0 Å². The van der Waals surface area contributed by atoms with Gasteiger partial charge in [-0.25, -0.2) is 4.98 Å². The molecule has 1 aliphatic rings. The van der Waals surface area contributed by atoms with E-state index >= 15 is 0 Å². The molecular weight excluding hydrogens is 290 g/mol. The second-order valence-corrected chi connectivity index (χ2v) is 6.00. The molecule has 1 amide bonds. The predicted molar refractivity (Wildman–Crippen MR) is 90.2 cm³/mol. The van der Waals surface area contributed by atoms with Crippen LogP contribution in [0.2, 0.25) is 0 Å². The van der Waals surface area contributed by atoms with E-state index < -0.39 is 0 Å². The molecule has 0 spiro atoms. The maximum atomic E-state index is 12.4. The van der Waals surface area contributed by atoms with Gasteiger partial charge in [-0.1, -0.05) is 17.7 Å². The van der Waals surface area contributed by atoms with Gasteiger partial charge in [0.15, 0.2) is 0 Å². The molecule has 2 N–H and O–H groups in total. The normalized spacial score (nSPS) is 18.8. The Labute approximate surface area is 136 Å². The fourth-order valence-corrected chi connectivity index (χ4v) is 2.91. The molecule has 1 unspecified atom stereocenters. The summed E-state index contributed by atoms with van der Waals surface area (Å²) in [5.41, 5.74) is 2.02. The summed E-state index contributed by atoms with van der Waals surface area (Å²) >= 11 is 0. The largest absolute Gasteiger partial charge is 0.337 e. The SMILES string of the molecule is Cc1ccc(NC(=O)CN2CCNCC2c2nccn2C)cc1. The minimum absolute atomic E-state index is 0.00922. The number of hydrogen-bond acceptors (Lipinski definition) is 4. The molecule has 1 aromatic carbocycles. The first kappa shape index (κ1) is 15.7.